The summed E-state index contributed by atoms with van der Waals surface area (Å²) in [4.78, 5) is 5.09. The SMILES string of the molecule is C.CCCCN1CCN(Cc2ccccc2)C1. The Labute approximate surface area is 106 Å². The van der Waals surface area contributed by atoms with Crippen LogP contribution in [-0.2, 0) is 6.54 Å². The molecule has 0 bridgehead atoms. The summed E-state index contributed by atoms with van der Waals surface area (Å²) < 4.78 is 0. The van der Waals surface area contributed by atoms with E-state index in [0.29, 0.717) is 0 Å². The summed E-state index contributed by atoms with van der Waals surface area (Å²) in [5.41, 5.74) is 1.43. The zero-order valence-corrected chi connectivity index (χ0v) is 10.2. The maximum absolute atomic E-state index is 2.56. The lowest BCUT2D eigenvalue weighted by Gasteiger charge is -2.17. The Morgan fingerprint density at radius 2 is 1.76 bits per heavy atom. The molecule has 0 N–H and O–H groups in total. The summed E-state index contributed by atoms with van der Waals surface area (Å²) >= 11 is 0. The molecule has 0 atom stereocenters. The van der Waals surface area contributed by atoms with E-state index < -0.39 is 0 Å². The van der Waals surface area contributed by atoms with E-state index >= 15 is 0 Å². The van der Waals surface area contributed by atoms with E-state index in [1.54, 1.807) is 0 Å². The topological polar surface area (TPSA) is 6.48 Å². The molecule has 1 saturated heterocycles. The minimum absolute atomic E-state index is 0. The molecule has 0 spiro atoms. The molecule has 0 aromatic heterocycles. The molecular weight excluding hydrogens is 208 g/mol. The number of benzene rings is 1. The van der Waals surface area contributed by atoms with Crippen molar-refractivity contribution in [3.63, 3.8) is 0 Å². The predicted molar refractivity (Wildman–Crippen MR) is 74.9 cm³/mol. The lowest BCUT2D eigenvalue weighted by Crippen LogP contribution is -2.26. The van der Waals surface area contributed by atoms with Gasteiger partial charge in [0.05, 0.1) is 6.67 Å². The highest BCUT2D eigenvalue weighted by Gasteiger charge is 2.18. The van der Waals surface area contributed by atoms with Crippen LogP contribution in [0, 0.1) is 0 Å². The van der Waals surface area contributed by atoms with Crippen molar-refractivity contribution in [3.8, 4) is 0 Å². The molecule has 0 amide bonds. The first-order chi connectivity index (χ1) is 7.88. The minimum Gasteiger partial charge on any atom is -0.289 e. The Kier molecular flexibility index (Phi) is 6.23. The molecule has 2 heteroatoms. The zero-order chi connectivity index (χ0) is 11.2. The van der Waals surface area contributed by atoms with Crippen molar-refractivity contribution in [1.82, 2.24) is 9.80 Å². The van der Waals surface area contributed by atoms with Crippen LogP contribution in [0.15, 0.2) is 30.3 Å². The molecule has 0 unspecified atom stereocenters. The molecule has 0 saturated carbocycles. The van der Waals surface area contributed by atoms with Gasteiger partial charge < -0.3 is 0 Å². The second-order valence-electron chi connectivity index (χ2n) is 4.65. The molecule has 1 aliphatic rings. The van der Waals surface area contributed by atoms with E-state index in [1.165, 1.54) is 38.0 Å². The summed E-state index contributed by atoms with van der Waals surface area (Å²) in [6.07, 6.45) is 2.63. The minimum atomic E-state index is 0. The highest BCUT2D eigenvalue weighted by atomic mass is 15.4. The quantitative estimate of drug-likeness (QED) is 0.772. The van der Waals surface area contributed by atoms with Crippen molar-refractivity contribution >= 4 is 0 Å². The van der Waals surface area contributed by atoms with E-state index in [4.69, 9.17) is 0 Å². The smallest absolute Gasteiger partial charge is 0.0510 e. The van der Waals surface area contributed by atoms with Crippen LogP contribution in [0.2, 0.25) is 0 Å². The number of hydrogen-bond donors (Lipinski definition) is 0. The summed E-state index contributed by atoms with van der Waals surface area (Å²) in [5, 5.41) is 0. The van der Waals surface area contributed by atoms with E-state index in [1.807, 2.05) is 0 Å². The zero-order valence-electron chi connectivity index (χ0n) is 10.2. The first kappa shape index (κ1) is 14.2. The van der Waals surface area contributed by atoms with E-state index in [-0.39, 0.29) is 7.43 Å². The number of rotatable bonds is 5. The Bertz CT molecular complexity index is 297. The molecule has 1 fully saturated rings. The molecule has 1 heterocycles. The molecule has 2 rings (SSSR count). The summed E-state index contributed by atoms with van der Waals surface area (Å²) in [7, 11) is 0. The first-order valence-corrected chi connectivity index (χ1v) is 6.37. The second kappa shape index (κ2) is 7.46. The average molecular weight is 234 g/mol. The monoisotopic (exact) mass is 234 g/mol. The molecule has 1 aromatic carbocycles. The fourth-order valence-electron chi connectivity index (χ4n) is 2.24. The van der Waals surface area contributed by atoms with Gasteiger partial charge in [-0.15, -0.1) is 0 Å². The van der Waals surface area contributed by atoms with E-state index in [0.717, 1.165) is 13.2 Å². The van der Waals surface area contributed by atoms with Gasteiger partial charge in [0, 0.05) is 19.6 Å². The molecule has 1 aromatic rings. The Morgan fingerprint density at radius 1 is 1.06 bits per heavy atom. The van der Waals surface area contributed by atoms with Crippen molar-refractivity contribution in [2.75, 3.05) is 26.3 Å². The average Bonchev–Trinajstić information content (AvgIpc) is 2.75. The molecular formula is C15H26N2. The third kappa shape index (κ3) is 4.49. The van der Waals surface area contributed by atoms with Gasteiger partial charge >= 0.3 is 0 Å². The summed E-state index contributed by atoms with van der Waals surface area (Å²) in [5.74, 6) is 0. The third-order valence-electron chi connectivity index (χ3n) is 3.21. The van der Waals surface area contributed by atoms with Crippen LogP contribution < -0.4 is 0 Å². The van der Waals surface area contributed by atoms with Gasteiger partial charge in [0.25, 0.3) is 0 Å². The van der Waals surface area contributed by atoms with Crippen LogP contribution in [-0.4, -0.2) is 36.1 Å². The Balaban J connectivity index is 0.00000144. The highest BCUT2D eigenvalue weighted by Crippen LogP contribution is 2.11. The largest absolute Gasteiger partial charge is 0.289 e. The highest BCUT2D eigenvalue weighted by molar-refractivity contribution is 5.14. The van der Waals surface area contributed by atoms with Crippen LogP contribution in [0.25, 0.3) is 0 Å². The molecule has 0 aliphatic carbocycles. The normalized spacial score (nSPS) is 17.0. The molecule has 1 aliphatic heterocycles. The molecule has 0 radical (unpaired) electrons. The van der Waals surface area contributed by atoms with Gasteiger partial charge in [0.15, 0.2) is 0 Å². The van der Waals surface area contributed by atoms with Crippen molar-refractivity contribution in [2.45, 2.75) is 33.7 Å². The first-order valence-electron chi connectivity index (χ1n) is 6.37. The van der Waals surface area contributed by atoms with Crippen molar-refractivity contribution in [3.05, 3.63) is 35.9 Å². The van der Waals surface area contributed by atoms with Crippen LogP contribution in [0.1, 0.15) is 32.8 Å². The van der Waals surface area contributed by atoms with Gasteiger partial charge in [-0.25, -0.2) is 0 Å². The third-order valence-corrected chi connectivity index (χ3v) is 3.21. The van der Waals surface area contributed by atoms with Gasteiger partial charge in [-0.2, -0.15) is 0 Å². The van der Waals surface area contributed by atoms with E-state index in [9.17, 15) is 0 Å². The van der Waals surface area contributed by atoms with Crippen molar-refractivity contribution in [1.29, 1.82) is 0 Å². The second-order valence-corrected chi connectivity index (χ2v) is 4.65. The van der Waals surface area contributed by atoms with E-state index in [2.05, 4.69) is 47.1 Å². The number of unbranched alkanes of at least 4 members (excludes halogenated alkanes) is 1. The van der Waals surface area contributed by atoms with Crippen LogP contribution >= 0.6 is 0 Å². The van der Waals surface area contributed by atoms with Crippen LogP contribution in [0.5, 0.6) is 0 Å². The van der Waals surface area contributed by atoms with Crippen molar-refractivity contribution in [2.24, 2.45) is 0 Å². The molecule has 96 valence electrons. The lowest BCUT2D eigenvalue weighted by molar-refractivity contribution is 0.238. The standard InChI is InChI=1S/C14H22N2.CH4/c1-2-3-9-15-10-11-16(13-15)12-14-7-5-4-6-8-14;/h4-8H,2-3,9-13H2,1H3;1H4. The van der Waals surface area contributed by atoms with Crippen LogP contribution in [0.4, 0.5) is 0 Å². The number of hydrogen-bond acceptors (Lipinski definition) is 2. The van der Waals surface area contributed by atoms with Crippen molar-refractivity contribution < 1.29 is 0 Å². The van der Waals surface area contributed by atoms with Gasteiger partial charge in [0.1, 0.15) is 0 Å². The van der Waals surface area contributed by atoms with Gasteiger partial charge in [-0.1, -0.05) is 51.1 Å². The van der Waals surface area contributed by atoms with Gasteiger partial charge in [-0.3, -0.25) is 9.80 Å². The van der Waals surface area contributed by atoms with Gasteiger partial charge in [-0.05, 0) is 18.5 Å². The van der Waals surface area contributed by atoms with Gasteiger partial charge in [0.2, 0.25) is 0 Å². The summed E-state index contributed by atoms with van der Waals surface area (Å²) in [6, 6.07) is 10.8. The lowest BCUT2D eigenvalue weighted by atomic mass is 10.2. The fraction of sp³-hybridized carbons (Fsp3) is 0.600. The Hall–Kier alpha value is -0.860. The predicted octanol–water partition coefficient (Wildman–Crippen LogP) is 3.20. The molecule has 2 nitrogen and oxygen atoms in total. The maximum Gasteiger partial charge on any atom is 0.0510 e. The molecule has 17 heavy (non-hydrogen) atoms. The summed E-state index contributed by atoms with van der Waals surface area (Å²) in [6.45, 7) is 8.24. The maximum atomic E-state index is 2.56. The van der Waals surface area contributed by atoms with Crippen LogP contribution in [0.3, 0.4) is 0 Å². The Morgan fingerprint density at radius 3 is 2.47 bits per heavy atom. The number of nitrogens with zero attached hydrogens (tertiary/aromatic N) is 2. The fourth-order valence-corrected chi connectivity index (χ4v) is 2.24.